The molecular weight excluding hydrogens is 256 g/mol. The Bertz CT molecular complexity index is 616. The van der Waals surface area contributed by atoms with Crippen molar-refractivity contribution in [2.45, 2.75) is 6.92 Å². The fourth-order valence-corrected chi connectivity index (χ4v) is 2.37. The maximum atomic E-state index is 12.1. The normalized spacial score (nSPS) is 15.6. The second-order valence-electron chi connectivity index (χ2n) is 4.88. The summed E-state index contributed by atoms with van der Waals surface area (Å²) >= 11 is 0. The van der Waals surface area contributed by atoms with Crippen molar-refractivity contribution in [3.63, 3.8) is 0 Å². The lowest BCUT2D eigenvalue weighted by Crippen LogP contribution is -2.48. The second-order valence-corrected chi connectivity index (χ2v) is 4.88. The fourth-order valence-electron chi connectivity index (χ4n) is 2.37. The Kier molecular flexibility index (Phi) is 3.51. The monoisotopic (exact) mass is 274 g/mol. The summed E-state index contributed by atoms with van der Waals surface area (Å²) in [5, 5.41) is 10.7. The van der Waals surface area contributed by atoms with Crippen LogP contribution < -0.4 is 10.6 Å². The van der Waals surface area contributed by atoms with E-state index in [9.17, 15) is 4.79 Å². The van der Waals surface area contributed by atoms with Crippen LogP contribution in [0.15, 0.2) is 18.5 Å². The largest absolute Gasteiger partial charge is 0.359 e. The fraction of sp³-hybridized carbons (Fsp3) is 0.462. The first-order valence-electron chi connectivity index (χ1n) is 6.77. The van der Waals surface area contributed by atoms with Gasteiger partial charge in [-0.3, -0.25) is 4.79 Å². The van der Waals surface area contributed by atoms with Gasteiger partial charge in [0.1, 0.15) is 5.52 Å². The first-order valence-corrected chi connectivity index (χ1v) is 6.77. The predicted molar refractivity (Wildman–Crippen MR) is 75.7 cm³/mol. The van der Waals surface area contributed by atoms with Crippen molar-refractivity contribution in [2.24, 2.45) is 0 Å². The number of nitrogens with zero attached hydrogens (tertiary/aromatic N) is 4. The van der Waals surface area contributed by atoms with E-state index in [1.807, 2.05) is 17.9 Å². The highest BCUT2D eigenvalue weighted by Crippen LogP contribution is 2.14. The molecule has 0 aliphatic carbocycles. The standard InChI is InChI=1S/C13H18N6O/c1-10-8-11-13(15-4-7-19(11)17-10)16-9-12(20)18-5-2-14-3-6-18/h4,7-8,14H,2-3,5-6,9H2,1H3,(H,15,16). The van der Waals surface area contributed by atoms with E-state index in [1.54, 1.807) is 16.9 Å². The Hall–Kier alpha value is -2.15. The number of carbonyl (C=O) groups is 1. The minimum Gasteiger partial charge on any atom is -0.359 e. The molecule has 1 amide bonds. The molecule has 1 aliphatic rings. The number of nitrogens with one attached hydrogen (secondary N) is 2. The summed E-state index contributed by atoms with van der Waals surface area (Å²) in [5.74, 6) is 0.795. The van der Waals surface area contributed by atoms with Crippen molar-refractivity contribution in [3.05, 3.63) is 24.2 Å². The summed E-state index contributed by atoms with van der Waals surface area (Å²) in [6.07, 6.45) is 3.47. The highest BCUT2D eigenvalue weighted by molar-refractivity contribution is 5.82. The lowest BCUT2D eigenvalue weighted by atomic mass is 10.3. The van der Waals surface area contributed by atoms with Crippen LogP contribution in [0.25, 0.3) is 5.52 Å². The van der Waals surface area contributed by atoms with E-state index in [-0.39, 0.29) is 12.5 Å². The molecule has 2 N–H and O–H groups in total. The maximum Gasteiger partial charge on any atom is 0.242 e. The number of rotatable bonds is 3. The van der Waals surface area contributed by atoms with Crippen LogP contribution in [0, 0.1) is 6.92 Å². The molecule has 2 aromatic rings. The molecule has 0 saturated carbocycles. The van der Waals surface area contributed by atoms with Gasteiger partial charge in [-0.25, -0.2) is 9.50 Å². The quantitative estimate of drug-likeness (QED) is 0.816. The highest BCUT2D eigenvalue weighted by Gasteiger charge is 2.16. The number of hydrogen-bond donors (Lipinski definition) is 2. The van der Waals surface area contributed by atoms with Crippen molar-refractivity contribution < 1.29 is 4.79 Å². The van der Waals surface area contributed by atoms with Gasteiger partial charge in [-0.1, -0.05) is 0 Å². The lowest BCUT2D eigenvalue weighted by Gasteiger charge is -2.27. The molecule has 106 valence electrons. The Morgan fingerprint density at radius 3 is 3.05 bits per heavy atom. The molecule has 0 atom stereocenters. The predicted octanol–water partition coefficient (Wildman–Crippen LogP) is -0.119. The Balaban J connectivity index is 1.68. The van der Waals surface area contributed by atoms with Crippen molar-refractivity contribution in [2.75, 3.05) is 38.0 Å². The number of aromatic nitrogens is 3. The number of anilines is 1. The van der Waals surface area contributed by atoms with Crippen LogP contribution >= 0.6 is 0 Å². The smallest absolute Gasteiger partial charge is 0.242 e. The van der Waals surface area contributed by atoms with Gasteiger partial charge in [-0.15, -0.1) is 0 Å². The molecule has 7 nitrogen and oxygen atoms in total. The molecule has 0 bridgehead atoms. The molecule has 0 spiro atoms. The zero-order valence-electron chi connectivity index (χ0n) is 11.5. The molecule has 1 saturated heterocycles. The van der Waals surface area contributed by atoms with Gasteiger partial charge in [0.25, 0.3) is 0 Å². The zero-order chi connectivity index (χ0) is 13.9. The zero-order valence-corrected chi connectivity index (χ0v) is 11.5. The van der Waals surface area contributed by atoms with E-state index in [0.29, 0.717) is 5.82 Å². The van der Waals surface area contributed by atoms with Gasteiger partial charge in [-0.05, 0) is 13.0 Å². The first kappa shape index (κ1) is 12.9. The molecule has 1 aliphatic heterocycles. The average Bonchev–Trinajstić information content (AvgIpc) is 2.86. The maximum absolute atomic E-state index is 12.1. The molecule has 0 unspecified atom stereocenters. The summed E-state index contributed by atoms with van der Waals surface area (Å²) in [6.45, 7) is 5.45. The van der Waals surface area contributed by atoms with Gasteiger partial charge < -0.3 is 15.5 Å². The number of hydrogen-bond acceptors (Lipinski definition) is 5. The molecule has 3 rings (SSSR count). The van der Waals surface area contributed by atoms with Crippen LogP contribution in [0.2, 0.25) is 0 Å². The topological polar surface area (TPSA) is 74.6 Å². The van der Waals surface area contributed by atoms with Crippen molar-refractivity contribution in [1.82, 2.24) is 24.8 Å². The number of piperazine rings is 1. The van der Waals surface area contributed by atoms with Crippen molar-refractivity contribution >= 4 is 17.2 Å². The van der Waals surface area contributed by atoms with Crippen LogP contribution in [0.4, 0.5) is 5.82 Å². The first-order chi connectivity index (χ1) is 9.74. The summed E-state index contributed by atoms with van der Waals surface area (Å²) in [7, 11) is 0. The van der Waals surface area contributed by atoms with E-state index in [1.165, 1.54) is 0 Å². The van der Waals surface area contributed by atoms with E-state index in [2.05, 4.69) is 20.7 Å². The molecule has 7 heteroatoms. The molecular formula is C13H18N6O. The van der Waals surface area contributed by atoms with E-state index >= 15 is 0 Å². The summed E-state index contributed by atoms with van der Waals surface area (Å²) in [4.78, 5) is 18.2. The minimum atomic E-state index is 0.103. The van der Waals surface area contributed by atoms with Gasteiger partial charge in [0.15, 0.2) is 5.82 Å². The van der Waals surface area contributed by atoms with Crippen molar-refractivity contribution in [1.29, 1.82) is 0 Å². The molecule has 2 aromatic heterocycles. The van der Waals surface area contributed by atoms with Gasteiger partial charge >= 0.3 is 0 Å². The summed E-state index contributed by atoms with van der Waals surface area (Å²) in [6, 6.07) is 1.95. The van der Waals surface area contributed by atoms with Crippen LogP contribution in [0.3, 0.4) is 0 Å². The van der Waals surface area contributed by atoms with Gasteiger partial charge in [0.05, 0.1) is 12.2 Å². The average molecular weight is 274 g/mol. The van der Waals surface area contributed by atoms with Crippen LogP contribution in [-0.2, 0) is 4.79 Å². The van der Waals surface area contributed by atoms with Gasteiger partial charge in [0.2, 0.25) is 5.91 Å². The third-order valence-corrected chi connectivity index (χ3v) is 3.39. The van der Waals surface area contributed by atoms with Gasteiger partial charge in [-0.2, -0.15) is 5.10 Å². The SMILES string of the molecule is Cc1cc2c(NCC(=O)N3CCNCC3)nccn2n1. The number of carbonyl (C=O) groups excluding carboxylic acids is 1. The number of fused-ring (bicyclic) bond motifs is 1. The Morgan fingerprint density at radius 1 is 1.45 bits per heavy atom. The third-order valence-electron chi connectivity index (χ3n) is 3.39. The molecule has 3 heterocycles. The summed E-state index contributed by atoms with van der Waals surface area (Å²) < 4.78 is 1.76. The van der Waals surface area contributed by atoms with Gasteiger partial charge in [0, 0.05) is 38.6 Å². The molecule has 0 radical (unpaired) electrons. The summed E-state index contributed by atoms with van der Waals surface area (Å²) in [5.41, 5.74) is 1.81. The van der Waals surface area contributed by atoms with Crippen LogP contribution in [0.5, 0.6) is 0 Å². The Labute approximate surface area is 117 Å². The van der Waals surface area contributed by atoms with E-state index in [0.717, 1.165) is 37.4 Å². The number of aryl methyl sites for hydroxylation is 1. The van der Waals surface area contributed by atoms with Crippen LogP contribution in [-0.4, -0.2) is 58.1 Å². The molecule has 1 fully saturated rings. The van der Waals surface area contributed by atoms with Crippen LogP contribution in [0.1, 0.15) is 5.69 Å². The minimum absolute atomic E-state index is 0.103. The molecule has 20 heavy (non-hydrogen) atoms. The highest BCUT2D eigenvalue weighted by atomic mass is 16.2. The van der Waals surface area contributed by atoms with Crippen molar-refractivity contribution in [3.8, 4) is 0 Å². The third kappa shape index (κ3) is 2.57. The Morgan fingerprint density at radius 2 is 2.25 bits per heavy atom. The lowest BCUT2D eigenvalue weighted by molar-refractivity contribution is -0.129. The number of amides is 1. The second kappa shape index (κ2) is 5.46. The molecule has 0 aromatic carbocycles. The van der Waals surface area contributed by atoms with E-state index in [4.69, 9.17) is 0 Å². The van der Waals surface area contributed by atoms with E-state index < -0.39 is 0 Å².